The van der Waals surface area contributed by atoms with Gasteiger partial charge in [0.15, 0.2) is 5.78 Å². The van der Waals surface area contributed by atoms with E-state index in [2.05, 4.69) is 0 Å². The number of hydrogen-bond donors (Lipinski definition) is 6. The maximum absolute atomic E-state index is 10.7. The van der Waals surface area contributed by atoms with Gasteiger partial charge >= 0.3 is 0 Å². The quantitative estimate of drug-likeness (QED) is 0.274. The van der Waals surface area contributed by atoms with Crippen LogP contribution in [0.5, 0.6) is 0 Å². The monoisotopic (exact) mass is 224 g/mol. The fraction of sp³-hybridized carbons (Fsp3) is 0.875. The molecular formula is C8H16O7. The lowest BCUT2D eigenvalue weighted by atomic mass is 9.98. The van der Waals surface area contributed by atoms with Crippen LogP contribution in [0.2, 0.25) is 0 Å². The molecule has 15 heavy (non-hydrogen) atoms. The zero-order valence-electron chi connectivity index (χ0n) is 8.19. The van der Waals surface area contributed by atoms with Gasteiger partial charge in [-0.3, -0.25) is 4.79 Å². The van der Waals surface area contributed by atoms with E-state index in [0.29, 0.717) is 0 Å². The number of Topliss-reactive ketones (excluding diaryl/α,β-unsaturated/α-hetero) is 1. The van der Waals surface area contributed by atoms with Crippen LogP contribution < -0.4 is 0 Å². The molecule has 0 fully saturated rings. The first-order valence-electron chi connectivity index (χ1n) is 4.36. The molecule has 0 bridgehead atoms. The minimum absolute atomic E-state index is 0.990. The van der Waals surface area contributed by atoms with Crippen LogP contribution >= 0.6 is 0 Å². The summed E-state index contributed by atoms with van der Waals surface area (Å²) in [6.07, 6.45) is -8.87. The third-order valence-electron chi connectivity index (χ3n) is 2.00. The zero-order valence-corrected chi connectivity index (χ0v) is 8.19. The van der Waals surface area contributed by atoms with Gasteiger partial charge in [-0.15, -0.1) is 0 Å². The molecule has 0 aliphatic heterocycles. The molecular weight excluding hydrogens is 208 g/mol. The van der Waals surface area contributed by atoms with Gasteiger partial charge < -0.3 is 30.6 Å². The highest BCUT2D eigenvalue weighted by Crippen LogP contribution is 2.08. The van der Waals surface area contributed by atoms with Crippen LogP contribution in [0.4, 0.5) is 0 Å². The number of aliphatic hydroxyl groups is 6. The van der Waals surface area contributed by atoms with Crippen molar-refractivity contribution >= 4 is 5.78 Å². The Bertz CT molecular complexity index is 205. The highest BCUT2D eigenvalue weighted by atomic mass is 16.4. The number of hydrogen-bond acceptors (Lipinski definition) is 7. The lowest BCUT2D eigenvalue weighted by molar-refractivity contribution is -0.153. The molecule has 0 rings (SSSR count). The van der Waals surface area contributed by atoms with Gasteiger partial charge in [0.05, 0.1) is 6.10 Å². The van der Waals surface area contributed by atoms with E-state index in [4.69, 9.17) is 20.4 Å². The van der Waals surface area contributed by atoms with Gasteiger partial charge in [0.25, 0.3) is 0 Å². The van der Waals surface area contributed by atoms with Crippen molar-refractivity contribution in [3.05, 3.63) is 0 Å². The Morgan fingerprint density at radius 3 is 1.80 bits per heavy atom. The van der Waals surface area contributed by atoms with Crippen LogP contribution in [-0.4, -0.2) is 73.5 Å². The van der Waals surface area contributed by atoms with Crippen molar-refractivity contribution in [2.24, 2.45) is 0 Å². The van der Waals surface area contributed by atoms with Crippen LogP contribution in [-0.2, 0) is 4.79 Å². The molecule has 7 nitrogen and oxygen atoms in total. The van der Waals surface area contributed by atoms with Crippen LogP contribution in [0.1, 0.15) is 6.92 Å². The highest BCUT2D eigenvalue weighted by Gasteiger charge is 2.35. The van der Waals surface area contributed by atoms with Crippen molar-refractivity contribution in [1.82, 2.24) is 0 Å². The first-order valence-corrected chi connectivity index (χ1v) is 4.36. The summed E-state index contributed by atoms with van der Waals surface area (Å²) in [7, 11) is 0. The summed E-state index contributed by atoms with van der Waals surface area (Å²) in [6, 6.07) is 0. The van der Waals surface area contributed by atoms with Crippen molar-refractivity contribution in [2.75, 3.05) is 6.61 Å². The molecule has 0 aromatic rings. The van der Waals surface area contributed by atoms with Crippen molar-refractivity contribution in [3.63, 3.8) is 0 Å². The largest absolute Gasteiger partial charge is 0.391 e. The van der Waals surface area contributed by atoms with Crippen LogP contribution in [0.15, 0.2) is 0 Å². The van der Waals surface area contributed by atoms with Gasteiger partial charge in [0.1, 0.15) is 31.0 Å². The number of rotatable bonds is 6. The van der Waals surface area contributed by atoms with Crippen LogP contribution in [0.25, 0.3) is 0 Å². The third kappa shape index (κ3) is 3.82. The van der Waals surface area contributed by atoms with Gasteiger partial charge in [0, 0.05) is 0 Å². The maximum Gasteiger partial charge on any atom is 0.189 e. The fourth-order valence-electron chi connectivity index (χ4n) is 0.958. The molecule has 0 aliphatic carbocycles. The predicted molar refractivity (Wildman–Crippen MR) is 47.8 cm³/mol. The summed E-state index contributed by atoms with van der Waals surface area (Å²) in [5.41, 5.74) is 0. The van der Waals surface area contributed by atoms with Crippen molar-refractivity contribution in [1.29, 1.82) is 0 Å². The van der Waals surface area contributed by atoms with E-state index in [1.165, 1.54) is 6.92 Å². The molecule has 0 spiro atoms. The van der Waals surface area contributed by atoms with Gasteiger partial charge in [0.2, 0.25) is 0 Å². The molecule has 0 amide bonds. The molecule has 6 N–H and O–H groups in total. The fourth-order valence-corrected chi connectivity index (χ4v) is 0.958. The Kier molecular flexibility index (Phi) is 5.88. The predicted octanol–water partition coefficient (Wildman–Crippen LogP) is -3.63. The van der Waals surface area contributed by atoms with Gasteiger partial charge in [-0.2, -0.15) is 0 Å². The molecule has 0 heterocycles. The molecule has 0 aromatic carbocycles. The van der Waals surface area contributed by atoms with E-state index in [-0.39, 0.29) is 0 Å². The zero-order chi connectivity index (χ0) is 12.2. The number of ketones is 1. The standard InChI is InChI=1S/C8H16O7/c1-3(10)5(12)7(14)8(15)6(13)4(11)2-9/h3,5-10,12-15H,2H2,1H3. The van der Waals surface area contributed by atoms with Gasteiger partial charge in [-0.25, -0.2) is 0 Å². The average molecular weight is 224 g/mol. The van der Waals surface area contributed by atoms with E-state index in [0.717, 1.165) is 0 Å². The Balaban J connectivity index is 4.43. The van der Waals surface area contributed by atoms with Crippen molar-refractivity contribution < 1.29 is 35.4 Å². The molecule has 0 radical (unpaired) electrons. The molecule has 0 aromatic heterocycles. The molecule has 5 unspecified atom stereocenters. The van der Waals surface area contributed by atoms with Crippen molar-refractivity contribution in [2.45, 2.75) is 37.4 Å². The number of aliphatic hydroxyl groups excluding tert-OH is 6. The highest BCUT2D eigenvalue weighted by molar-refractivity contribution is 5.84. The summed E-state index contributed by atoms with van der Waals surface area (Å²) in [5.74, 6) is -1.08. The van der Waals surface area contributed by atoms with E-state index >= 15 is 0 Å². The molecule has 7 heteroatoms. The minimum Gasteiger partial charge on any atom is -0.391 e. The van der Waals surface area contributed by atoms with Crippen molar-refractivity contribution in [3.8, 4) is 0 Å². The maximum atomic E-state index is 10.7. The lowest BCUT2D eigenvalue weighted by Crippen LogP contribution is -2.51. The summed E-state index contributed by atoms with van der Waals surface area (Å²) in [6.45, 7) is 0.177. The number of carbonyl (C=O) groups is 1. The summed E-state index contributed by atoms with van der Waals surface area (Å²) in [4.78, 5) is 10.7. The molecule has 0 aliphatic rings. The summed E-state index contributed by atoms with van der Waals surface area (Å²) in [5, 5.41) is 53.9. The summed E-state index contributed by atoms with van der Waals surface area (Å²) >= 11 is 0. The van der Waals surface area contributed by atoms with E-state index < -0.39 is 42.9 Å². The molecule has 90 valence electrons. The smallest absolute Gasteiger partial charge is 0.189 e. The minimum atomic E-state index is -2.00. The Labute approximate surface area is 86.2 Å². The lowest BCUT2D eigenvalue weighted by Gasteiger charge is -2.26. The molecule has 0 saturated carbocycles. The summed E-state index contributed by atoms with van der Waals surface area (Å²) < 4.78 is 0. The Morgan fingerprint density at radius 2 is 1.47 bits per heavy atom. The Hall–Kier alpha value is -0.570. The SMILES string of the molecule is CC(O)C(O)C(O)C(O)C(O)C(=O)CO. The average Bonchev–Trinajstić information content (AvgIpc) is 2.23. The molecule has 0 saturated heterocycles. The molecule has 5 atom stereocenters. The first-order chi connectivity index (χ1) is 6.82. The van der Waals surface area contributed by atoms with Gasteiger partial charge in [-0.1, -0.05) is 0 Å². The second kappa shape index (κ2) is 6.11. The Morgan fingerprint density at radius 1 is 1.00 bits per heavy atom. The first kappa shape index (κ1) is 14.4. The van der Waals surface area contributed by atoms with E-state index in [9.17, 15) is 15.0 Å². The van der Waals surface area contributed by atoms with E-state index in [1.54, 1.807) is 0 Å². The van der Waals surface area contributed by atoms with Crippen LogP contribution in [0, 0.1) is 0 Å². The third-order valence-corrected chi connectivity index (χ3v) is 2.00. The van der Waals surface area contributed by atoms with Gasteiger partial charge in [-0.05, 0) is 6.92 Å². The second-order valence-electron chi connectivity index (χ2n) is 3.28. The second-order valence-corrected chi connectivity index (χ2v) is 3.28. The topological polar surface area (TPSA) is 138 Å². The normalized spacial score (nSPS) is 21.5. The number of carbonyl (C=O) groups excluding carboxylic acids is 1. The van der Waals surface area contributed by atoms with Crippen LogP contribution in [0.3, 0.4) is 0 Å². The van der Waals surface area contributed by atoms with E-state index in [1.807, 2.05) is 0 Å².